The number of carboxylic acids is 2. The van der Waals surface area contributed by atoms with Gasteiger partial charge < -0.3 is 19.8 Å². The summed E-state index contributed by atoms with van der Waals surface area (Å²) in [4.78, 5) is 22.2. The van der Waals surface area contributed by atoms with E-state index in [2.05, 4.69) is 0 Å². The van der Waals surface area contributed by atoms with Crippen LogP contribution in [0.15, 0.2) is 11.1 Å². The van der Waals surface area contributed by atoms with Gasteiger partial charge in [0.1, 0.15) is 6.54 Å². The molecule has 0 radical (unpaired) electrons. The maximum atomic E-state index is 11.9. The number of rotatable bonds is 10. The van der Waals surface area contributed by atoms with Crippen LogP contribution in [0.2, 0.25) is 0 Å². The number of carbonyl (C=O) groups is 2. The van der Waals surface area contributed by atoms with Gasteiger partial charge in [0.2, 0.25) is 0 Å². The van der Waals surface area contributed by atoms with E-state index >= 15 is 0 Å². The first kappa shape index (κ1) is 19.7. The third-order valence-electron chi connectivity index (χ3n) is 2.87. The molecule has 0 fully saturated rings. The van der Waals surface area contributed by atoms with Crippen molar-refractivity contribution in [2.24, 2.45) is 0 Å². The summed E-state index contributed by atoms with van der Waals surface area (Å²) in [6, 6.07) is 0. The molecule has 7 nitrogen and oxygen atoms in total. The summed E-state index contributed by atoms with van der Waals surface area (Å²) in [5.41, 5.74) is -0.592. The number of aliphatic carboxylic acids is 2. The second kappa shape index (κ2) is 8.87. The molecule has 0 rings (SSSR count). The van der Waals surface area contributed by atoms with Gasteiger partial charge in [0.15, 0.2) is 12.3 Å². The van der Waals surface area contributed by atoms with Crippen LogP contribution >= 0.6 is 7.80 Å². The van der Waals surface area contributed by atoms with E-state index < -0.39 is 26.3 Å². The number of hydrogen-bond donors (Lipinski definition) is 3. The first-order valence-corrected chi connectivity index (χ1v) is 8.23. The topological polar surface area (TPSA) is 112 Å². The van der Waals surface area contributed by atoms with Crippen LogP contribution in [0.1, 0.15) is 12.8 Å². The number of quaternary nitrogens is 1. The zero-order chi connectivity index (χ0) is 16.6. The van der Waals surface area contributed by atoms with Crippen LogP contribution in [-0.4, -0.2) is 78.4 Å². The highest BCUT2D eigenvalue weighted by molar-refractivity contribution is 7.44. The van der Waals surface area contributed by atoms with E-state index in [1.165, 1.54) is 0 Å². The largest absolute Gasteiger partial charge is 0.478 e. The van der Waals surface area contributed by atoms with Crippen molar-refractivity contribution in [3.05, 3.63) is 11.1 Å². The van der Waals surface area contributed by atoms with Gasteiger partial charge in [0.25, 0.3) is 0 Å². The molecule has 0 aromatic carbocycles. The molecular weight excluding hydrogens is 297 g/mol. The van der Waals surface area contributed by atoms with Crippen LogP contribution in [0, 0.1) is 0 Å². The number of hydrogen-bond acceptors (Lipinski definition) is 4. The van der Waals surface area contributed by atoms with E-state index in [4.69, 9.17) is 15.3 Å². The van der Waals surface area contributed by atoms with Gasteiger partial charge in [-0.1, -0.05) is 4.57 Å². The Morgan fingerprint density at radius 1 is 0.952 bits per heavy atom. The predicted molar refractivity (Wildman–Crippen MR) is 78.9 cm³/mol. The van der Waals surface area contributed by atoms with Gasteiger partial charge in [-0.2, -0.15) is 0 Å². The van der Waals surface area contributed by atoms with E-state index in [1.54, 1.807) is 0 Å². The van der Waals surface area contributed by atoms with Crippen molar-refractivity contribution in [1.82, 2.24) is 0 Å². The summed E-state index contributed by atoms with van der Waals surface area (Å²) in [5.74, 6) is -2.70. The van der Waals surface area contributed by atoms with Crippen LogP contribution in [0.5, 0.6) is 0 Å². The second-order valence-corrected chi connectivity index (χ2v) is 7.59. The van der Waals surface area contributed by atoms with Gasteiger partial charge in [-0.25, -0.2) is 9.59 Å². The summed E-state index contributed by atoms with van der Waals surface area (Å²) in [6.45, 7) is 0.260. The summed E-state index contributed by atoms with van der Waals surface area (Å²) in [6.07, 6.45) is 0.309. The Kier molecular flexibility index (Phi) is 8.32. The van der Waals surface area contributed by atoms with E-state index in [0.29, 0.717) is 17.2 Å². The smallest absolute Gasteiger partial charge is 0.344 e. The minimum atomic E-state index is -1.57. The molecule has 0 amide bonds. The SMILES string of the molecule is C[N+](C)(C)CC[P+](=O)CC/C(C(=O)O)=C(\CCO)C(=O)O. The van der Waals surface area contributed by atoms with Crippen molar-refractivity contribution in [3.63, 3.8) is 0 Å². The fourth-order valence-corrected chi connectivity index (χ4v) is 3.17. The highest BCUT2D eigenvalue weighted by atomic mass is 31.1. The van der Waals surface area contributed by atoms with Crippen molar-refractivity contribution in [1.29, 1.82) is 0 Å². The first-order valence-electron chi connectivity index (χ1n) is 6.60. The van der Waals surface area contributed by atoms with Crippen molar-refractivity contribution in [3.8, 4) is 0 Å². The van der Waals surface area contributed by atoms with Gasteiger partial charge in [0, 0.05) is 25.0 Å². The molecule has 120 valence electrons. The monoisotopic (exact) mass is 321 g/mol. The number of aliphatic hydroxyl groups is 1. The molecule has 0 saturated heterocycles. The molecule has 3 N–H and O–H groups in total. The minimum Gasteiger partial charge on any atom is -0.478 e. The van der Waals surface area contributed by atoms with Crippen LogP contribution in [-0.2, 0) is 14.2 Å². The zero-order valence-electron chi connectivity index (χ0n) is 12.7. The summed E-state index contributed by atoms with van der Waals surface area (Å²) in [5, 5.41) is 26.9. The van der Waals surface area contributed by atoms with Crippen LogP contribution in [0.25, 0.3) is 0 Å². The maximum absolute atomic E-state index is 11.9. The molecule has 0 heterocycles. The Bertz CT molecular complexity index is 438. The summed E-state index contributed by atoms with van der Waals surface area (Å²) >= 11 is 0. The molecule has 0 bridgehead atoms. The van der Waals surface area contributed by atoms with Gasteiger partial charge in [-0.15, -0.1) is 0 Å². The molecule has 0 saturated carbocycles. The van der Waals surface area contributed by atoms with Crippen LogP contribution in [0.4, 0.5) is 0 Å². The Morgan fingerprint density at radius 2 is 1.43 bits per heavy atom. The fourth-order valence-electron chi connectivity index (χ4n) is 1.65. The lowest BCUT2D eigenvalue weighted by Gasteiger charge is -2.21. The molecule has 0 spiro atoms. The fraction of sp³-hybridized carbons (Fsp3) is 0.692. The van der Waals surface area contributed by atoms with E-state index in [0.717, 1.165) is 0 Å². The lowest BCUT2D eigenvalue weighted by molar-refractivity contribution is -0.867. The molecule has 21 heavy (non-hydrogen) atoms. The number of nitrogens with zero attached hydrogens (tertiary/aromatic N) is 1. The maximum Gasteiger partial charge on any atom is 0.344 e. The predicted octanol–water partition coefficient (Wildman–Crippen LogP) is 0.758. The van der Waals surface area contributed by atoms with E-state index in [9.17, 15) is 14.2 Å². The average Bonchev–Trinajstić information content (AvgIpc) is 2.33. The Balaban J connectivity index is 4.80. The normalized spacial score (nSPS) is 13.6. The molecule has 0 aromatic heterocycles. The zero-order valence-corrected chi connectivity index (χ0v) is 13.6. The van der Waals surface area contributed by atoms with Gasteiger partial charge in [0.05, 0.1) is 26.7 Å². The average molecular weight is 321 g/mol. The summed E-state index contributed by atoms with van der Waals surface area (Å²) < 4.78 is 12.6. The standard InChI is InChI=1S/C13H22NO6P/c1-14(2,3)6-9-21(20)8-5-11(13(18)19)10(4-7-15)12(16)17/h15H,4-9H2,1-3H3/p+2/b11-10-. The van der Waals surface area contributed by atoms with Crippen molar-refractivity contribution in [2.75, 3.05) is 46.6 Å². The molecule has 0 aliphatic heterocycles. The Hall–Kier alpha value is -1.30. The quantitative estimate of drug-likeness (QED) is 0.311. The van der Waals surface area contributed by atoms with Gasteiger partial charge in [-0.3, -0.25) is 0 Å². The molecule has 1 atom stereocenters. The highest BCUT2D eigenvalue weighted by Crippen LogP contribution is 2.25. The van der Waals surface area contributed by atoms with Crippen molar-refractivity contribution in [2.45, 2.75) is 12.8 Å². The Morgan fingerprint density at radius 3 is 1.81 bits per heavy atom. The van der Waals surface area contributed by atoms with Crippen LogP contribution in [0.3, 0.4) is 0 Å². The molecule has 0 aliphatic carbocycles. The van der Waals surface area contributed by atoms with E-state index in [-0.39, 0.29) is 30.1 Å². The number of aliphatic hydroxyl groups excluding tert-OH is 1. The molecule has 1 unspecified atom stereocenters. The first-order chi connectivity index (χ1) is 9.58. The second-order valence-electron chi connectivity index (χ2n) is 5.73. The molecular formula is C13H24NO6P+2. The highest BCUT2D eigenvalue weighted by Gasteiger charge is 2.25. The molecule has 8 heteroatoms. The van der Waals surface area contributed by atoms with Crippen molar-refractivity contribution < 1.29 is 34.0 Å². The Labute approximate surface area is 125 Å². The van der Waals surface area contributed by atoms with Crippen LogP contribution < -0.4 is 0 Å². The minimum absolute atomic E-state index is 0.0662. The third kappa shape index (κ3) is 8.55. The van der Waals surface area contributed by atoms with Gasteiger partial charge >= 0.3 is 19.7 Å². The summed E-state index contributed by atoms with van der Waals surface area (Å²) in [7, 11) is 4.33. The third-order valence-corrected chi connectivity index (χ3v) is 4.30. The van der Waals surface area contributed by atoms with E-state index in [1.807, 2.05) is 21.1 Å². The number of carboxylic acid groups (broad SMARTS) is 2. The lowest BCUT2D eigenvalue weighted by atomic mass is 10.0. The van der Waals surface area contributed by atoms with Crippen molar-refractivity contribution >= 4 is 19.7 Å². The lowest BCUT2D eigenvalue weighted by Crippen LogP contribution is -2.36. The van der Waals surface area contributed by atoms with Gasteiger partial charge in [-0.05, 0) is 0 Å². The molecule has 0 aliphatic rings. The molecule has 0 aromatic rings.